The van der Waals surface area contributed by atoms with E-state index in [9.17, 15) is 9.18 Å². The fourth-order valence-corrected chi connectivity index (χ4v) is 4.75. The minimum Gasteiger partial charge on any atom is -0.497 e. The molecule has 0 radical (unpaired) electrons. The quantitative estimate of drug-likeness (QED) is 0.525. The highest BCUT2D eigenvalue weighted by Gasteiger charge is 2.24. The molecular formula is C23H20FN3O2S. The first-order valence-electron chi connectivity index (χ1n) is 9.76. The van der Waals surface area contributed by atoms with E-state index in [2.05, 4.69) is 9.97 Å². The lowest BCUT2D eigenvalue weighted by atomic mass is 10.0. The summed E-state index contributed by atoms with van der Waals surface area (Å²) in [5.74, 6) is 0.576. The number of fused-ring (bicyclic) bond motifs is 3. The molecule has 0 saturated carbocycles. The highest BCUT2D eigenvalue weighted by Crippen LogP contribution is 2.29. The molecule has 1 aliphatic rings. The van der Waals surface area contributed by atoms with E-state index in [1.54, 1.807) is 19.2 Å². The number of halogens is 1. The van der Waals surface area contributed by atoms with Gasteiger partial charge in [-0.15, -0.1) is 11.3 Å². The van der Waals surface area contributed by atoms with Crippen LogP contribution in [0.3, 0.4) is 0 Å². The summed E-state index contributed by atoms with van der Waals surface area (Å²) in [6.07, 6.45) is 1.00. The van der Waals surface area contributed by atoms with E-state index >= 15 is 0 Å². The second kappa shape index (κ2) is 7.57. The zero-order valence-corrected chi connectivity index (χ0v) is 17.3. The molecule has 0 fully saturated rings. The fourth-order valence-electron chi connectivity index (χ4n) is 3.92. The number of carbonyl (C=O) groups is 1. The maximum Gasteiger partial charge on any atom is 0.228 e. The molecule has 1 aliphatic heterocycles. The van der Waals surface area contributed by atoms with Gasteiger partial charge in [0.05, 0.1) is 19.2 Å². The standard InChI is InChI=1S/C23H20FN3O2S/c1-29-17-5-2-14(3-6-17)23-25-16(13-30-23)11-22(28)27-9-8-21-19(12-27)18-10-15(24)4-7-20(18)26-21/h2-7,10,13,26H,8-9,11-12H2,1H3. The number of ether oxygens (including phenoxy) is 1. The molecule has 0 aliphatic carbocycles. The number of aromatic amines is 1. The number of hydrogen-bond acceptors (Lipinski definition) is 4. The van der Waals surface area contributed by atoms with Crippen LogP contribution in [0.1, 0.15) is 17.0 Å². The maximum absolute atomic E-state index is 13.7. The molecule has 0 unspecified atom stereocenters. The molecule has 2 aromatic carbocycles. The molecule has 2 aromatic heterocycles. The van der Waals surface area contributed by atoms with Crippen LogP contribution in [-0.2, 0) is 24.2 Å². The van der Waals surface area contributed by atoms with Crippen molar-refractivity contribution < 1.29 is 13.9 Å². The SMILES string of the molecule is COc1ccc(-c2nc(CC(=O)N3CCc4[nH]c5ccc(F)cc5c4C3)cs2)cc1. The Balaban J connectivity index is 1.31. The van der Waals surface area contributed by atoms with Crippen LogP contribution in [-0.4, -0.2) is 34.4 Å². The molecule has 152 valence electrons. The van der Waals surface area contributed by atoms with E-state index in [1.165, 1.54) is 17.4 Å². The zero-order chi connectivity index (χ0) is 20.7. The van der Waals surface area contributed by atoms with Gasteiger partial charge in [-0.05, 0) is 42.5 Å². The Hall–Kier alpha value is -3.19. The first-order valence-corrected chi connectivity index (χ1v) is 10.6. The van der Waals surface area contributed by atoms with Crippen molar-refractivity contribution in [2.24, 2.45) is 0 Å². The minimum absolute atomic E-state index is 0.0398. The third-order valence-electron chi connectivity index (χ3n) is 5.51. The number of nitrogens with zero attached hydrogens (tertiary/aromatic N) is 2. The lowest BCUT2D eigenvalue weighted by molar-refractivity contribution is -0.131. The average molecular weight is 421 g/mol. The van der Waals surface area contributed by atoms with Crippen LogP contribution in [0.5, 0.6) is 5.75 Å². The second-order valence-corrected chi connectivity index (χ2v) is 8.24. The lowest BCUT2D eigenvalue weighted by Crippen LogP contribution is -2.36. The summed E-state index contributed by atoms with van der Waals surface area (Å²) >= 11 is 1.53. The van der Waals surface area contributed by atoms with E-state index in [0.29, 0.717) is 13.1 Å². The van der Waals surface area contributed by atoms with Gasteiger partial charge in [0.15, 0.2) is 0 Å². The highest BCUT2D eigenvalue weighted by molar-refractivity contribution is 7.13. The van der Waals surface area contributed by atoms with E-state index in [-0.39, 0.29) is 18.1 Å². The summed E-state index contributed by atoms with van der Waals surface area (Å²) in [6.45, 7) is 1.14. The minimum atomic E-state index is -0.263. The largest absolute Gasteiger partial charge is 0.497 e. The summed E-state index contributed by atoms with van der Waals surface area (Å²) in [4.78, 5) is 22.8. The number of nitrogens with one attached hydrogen (secondary N) is 1. The van der Waals surface area contributed by atoms with Gasteiger partial charge in [0, 0.05) is 52.6 Å². The first-order chi connectivity index (χ1) is 14.6. The van der Waals surface area contributed by atoms with Gasteiger partial charge >= 0.3 is 0 Å². The summed E-state index contributed by atoms with van der Waals surface area (Å²) < 4.78 is 18.9. The van der Waals surface area contributed by atoms with Crippen molar-refractivity contribution in [3.05, 3.63) is 70.6 Å². The van der Waals surface area contributed by atoms with Gasteiger partial charge in [0.2, 0.25) is 5.91 Å². The van der Waals surface area contributed by atoms with E-state index < -0.39 is 0 Å². The van der Waals surface area contributed by atoms with E-state index in [0.717, 1.165) is 50.6 Å². The molecule has 0 atom stereocenters. The van der Waals surface area contributed by atoms with Gasteiger partial charge in [-0.1, -0.05) is 0 Å². The lowest BCUT2D eigenvalue weighted by Gasteiger charge is -2.27. The summed E-state index contributed by atoms with van der Waals surface area (Å²) in [5.41, 5.74) is 4.80. The van der Waals surface area contributed by atoms with Crippen LogP contribution in [0.25, 0.3) is 21.5 Å². The van der Waals surface area contributed by atoms with Crippen LogP contribution in [0.15, 0.2) is 47.8 Å². The summed E-state index contributed by atoms with van der Waals surface area (Å²) in [7, 11) is 1.64. The van der Waals surface area contributed by atoms with Crippen LogP contribution in [0.4, 0.5) is 4.39 Å². The average Bonchev–Trinajstić information content (AvgIpc) is 3.37. The van der Waals surface area contributed by atoms with E-state index in [4.69, 9.17) is 4.74 Å². The molecular weight excluding hydrogens is 401 g/mol. The second-order valence-electron chi connectivity index (χ2n) is 7.39. The number of aromatic nitrogens is 2. The van der Waals surface area contributed by atoms with Gasteiger partial charge in [0.25, 0.3) is 0 Å². The molecule has 3 heterocycles. The molecule has 5 rings (SSSR count). The number of H-pyrrole nitrogens is 1. The van der Waals surface area contributed by atoms with Crippen LogP contribution >= 0.6 is 11.3 Å². The van der Waals surface area contributed by atoms with Crippen molar-refractivity contribution in [3.8, 4) is 16.3 Å². The number of carbonyl (C=O) groups excluding carboxylic acids is 1. The predicted molar refractivity (Wildman–Crippen MR) is 115 cm³/mol. The molecule has 4 aromatic rings. The van der Waals surface area contributed by atoms with Gasteiger partial charge in [0.1, 0.15) is 16.6 Å². The number of benzene rings is 2. The molecule has 5 nitrogen and oxygen atoms in total. The molecule has 7 heteroatoms. The highest BCUT2D eigenvalue weighted by atomic mass is 32.1. The number of thiazole rings is 1. The monoisotopic (exact) mass is 421 g/mol. The Labute approximate surface area is 177 Å². The summed E-state index contributed by atoms with van der Waals surface area (Å²) in [5, 5.41) is 3.68. The molecule has 0 bridgehead atoms. The Morgan fingerprint density at radius 3 is 2.90 bits per heavy atom. The maximum atomic E-state index is 13.7. The molecule has 0 saturated heterocycles. The predicted octanol–water partition coefficient (Wildman–Crippen LogP) is 4.57. The Kier molecular flexibility index (Phi) is 4.75. The number of methoxy groups -OCH3 is 1. The van der Waals surface area contributed by atoms with Gasteiger partial charge in [-0.25, -0.2) is 9.37 Å². The normalized spacial score (nSPS) is 13.5. The van der Waals surface area contributed by atoms with Gasteiger partial charge in [-0.2, -0.15) is 0 Å². The smallest absolute Gasteiger partial charge is 0.228 e. The Bertz CT molecular complexity index is 1230. The van der Waals surface area contributed by atoms with Crippen molar-refractivity contribution >= 4 is 28.1 Å². The number of hydrogen-bond donors (Lipinski definition) is 1. The Morgan fingerprint density at radius 2 is 2.10 bits per heavy atom. The topological polar surface area (TPSA) is 58.2 Å². The van der Waals surface area contributed by atoms with Crippen molar-refractivity contribution in [3.63, 3.8) is 0 Å². The molecule has 1 amide bonds. The zero-order valence-electron chi connectivity index (χ0n) is 16.4. The summed E-state index contributed by atoms with van der Waals surface area (Å²) in [6, 6.07) is 12.5. The van der Waals surface area contributed by atoms with Gasteiger partial charge in [-0.3, -0.25) is 4.79 Å². The van der Waals surface area contributed by atoms with Crippen molar-refractivity contribution in [1.29, 1.82) is 0 Å². The van der Waals surface area contributed by atoms with Crippen molar-refractivity contribution in [2.75, 3.05) is 13.7 Å². The van der Waals surface area contributed by atoms with Crippen molar-refractivity contribution in [2.45, 2.75) is 19.4 Å². The third kappa shape index (κ3) is 3.45. The molecule has 1 N–H and O–H groups in total. The number of amides is 1. The van der Waals surface area contributed by atoms with E-state index in [1.807, 2.05) is 34.5 Å². The van der Waals surface area contributed by atoms with Crippen LogP contribution < -0.4 is 4.74 Å². The fraction of sp³-hybridized carbons (Fsp3) is 0.217. The third-order valence-corrected chi connectivity index (χ3v) is 6.45. The Morgan fingerprint density at radius 1 is 1.27 bits per heavy atom. The van der Waals surface area contributed by atoms with Crippen molar-refractivity contribution in [1.82, 2.24) is 14.9 Å². The van der Waals surface area contributed by atoms with Gasteiger partial charge < -0.3 is 14.6 Å². The van der Waals surface area contributed by atoms with Crippen LogP contribution in [0.2, 0.25) is 0 Å². The molecule has 30 heavy (non-hydrogen) atoms. The van der Waals surface area contributed by atoms with Crippen LogP contribution in [0, 0.1) is 5.82 Å². The first kappa shape index (κ1) is 18.8. The molecule has 0 spiro atoms. The number of rotatable bonds is 4.